The van der Waals surface area contributed by atoms with E-state index in [2.05, 4.69) is 10.6 Å². The molecular formula is C25H24N4O2S. The molecule has 2 aromatic carbocycles. The van der Waals surface area contributed by atoms with Crippen molar-refractivity contribution in [1.82, 2.24) is 20.4 Å². The summed E-state index contributed by atoms with van der Waals surface area (Å²) in [7, 11) is 0. The van der Waals surface area contributed by atoms with Gasteiger partial charge in [-0.25, -0.2) is 4.68 Å². The van der Waals surface area contributed by atoms with Crippen LogP contribution in [0.2, 0.25) is 0 Å². The number of carbonyl (C=O) groups is 2. The topological polar surface area (TPSA) is 76.0 Å². The van der Waals surface area contributed by atoms with Gasteiger partial charge in [-0.2, -0.15) is 16.4 Å². The summed E-state index contributed by atoms with van der Waals surface area (Å²) >= 11 is 1.48. The molecule has 0 unspecified atom stereocenters. The van der Waals surface area contributed by atoms with Gasteiger partial charge in [-0.1, -0.05) is 48.5 Å². The molecule has 4 aromatic rings. The summed E-state index contributed by atoms with van der Waals surface area (Å²) in [4.78, 5) is 24.3. The van der Waals surface area contributed by atoms with Crippen LogP contribution >= 0.6 is 11.3 Å². The Morgan fingerprint density at radius 3 is 2.41 bits per heavy atom. The van der Waals surface area contributed by atoms with Crippen LogP contribution in [0.4, 0.5) is 0 Å². The zero-order chi connectivity index (χ0) is 22.2. The molecule has 0 atom stereocenters. The quantitative estimate of drug-likeness (QED) is 0.375. The average molecular weight is 445 g/mol. The lowest BCUT2D eigenvalue weighted by atomic mass is 10.1. The second-order valence-electron chi connectivity index (χ2n) is 7.30. The van der Waals surface area contributed by atoms with E-state index in [1.807, 2.05) is 82.3 Å². The highest BCUT2D eigenvalue weighted by molar-refractivity contribution is 7.08. The van der Waals surface area contributed by atoms with E-state index in [4.69, 9.17) is 5.10 Å². The number of hydrogen-bond acceptors (Lipinski definition) is 4. The van der Waals surface area contributed by atoms with E-state index in [9.17, 15) is 9.59 Å². The van der Waals surface area contributed by atoms with E-state index >= 15 is 0 Å². The van der Waals surface area contributed by atoms with E-state index in [1.54, 1.807) is 6.07 Å². The highest BCUT2D eigenvalue weighted by atomic mass is 32.1. The van der Waals surface area contributed by atoms with E-state index in [-0.39, 0.29) is 11.8 Å². The van der Waals surface area contributed by atoms with E-state index < -0.39 is 0 Å². The smallest absolute Gasteiger partial charge is 0.252 e. The van der Waals surface area contributed by atoms with Gasteiger partial charge < -0.3 is 10.6 Å². The third kappa shape index (κ3) is 5.50. The van der Waals surface area contributed by atoms with Gasteiger partial charge in [0, 0.05) is 47.8 Å². The van der Waals surface area contributed by atoms with Crippen molar-refractivity contribution < 1.29 is 9.59 Å². The van der Waals surface area contributed by atoms with Gasteiger partial charge in [-0.3, -0.25) is 9.59 Å². The van der Waals surface area contributed by atoms with Crippen LogP contribution < -0.4 is 10.6 Å². The molecule has 0 spiro atoms. The molecule has 0 saturated carbocycles. The first-order chi connectivity index (χ1) is 15.7. The monoisotopic (exact) mass is 444 g/mol. The molecule has 2 amide bonds. The second kappa shape index (κ2) is 10.5. The number of amides is 2. The fraction of sp³-hybridized carbons (Fsp3) is 0.160. The van der Waals surface area contributed by atoms with Gasteiger partial charge in [0.25, 0.3) is 5.91 Å². The standard InChI is InChI=1S/C25H24N4O2S/c30-23(12-7-14-26-25(31)20-13-15-32-18-20)27-16-21-17-29(22-10-5-2-6-11-22)28-24(21)19-8-3-1-4-9-19/h1-6,8-11,13,15,17-18H,7,12,14,16H2,(H,26,31)(H,27,30). The first-order valence-electron chi connectivity index (χ1n) is 10.5. The van der Waals surface area contributed by atoms with Gasteiger partial charge in [0.1, 0.15) is 0 Å². The fourth-order valence-electron chi connectivity index (χ4n) is 3.32. The third-order valence-corrected chi connectivity index (χ3v) is 5.67. The second-order valence-corrected chi connectivity index (χ2v) is 8.08. The van der Waals surface area contributed by atoms with Crippen molar-refractivity contribution in [3.63, 3.8) is 0 Å². The van der Waals surface area contributed by atoms with Crippen molar-refractivity contribution in [2.75, 3.05) is 6.54 Å². The number of thiophene rings is 1. The minimum atomic E-state index is -0.104. The minimum Gasteiger partial charge on any atom is -0.352 e. The lowest BCUT2D eigenvalue weighted by Crippen LogP contribution is -2.27. The molecular weight excluding hydrogens is 420 g/mol. The van der Waals surface area contributed by atoms with Crippen LogP contribution in [-0.2, 0) is 11.3 Å². The molecule has 0 bridgehead atoms. The van der Waals surface area contributed by atoms with Crippen LogP contribution in [0, 0.1) is 0 Å². The molecule has 6 nitrogen and oxygen atoms in total. The largest absolute Gasteiger partial charge is 0.352 e. The number of nitrogens with one attached hydrogen (secondary N) is 2. The summed E-state index contributed by atoms with van der Waals surface area (Å²) in [5, 5.41) is 14.3. The van der Waals surface area contributed by atoms with Crippen LogP contribution in [0.5, 0.6) is 0 Å². The normalized spacial score (nSPS) is 10.6. The Morgan fingerprint density at radius 2 is 1.69 bits per heavy atom. The van der Waals surface area contributed by atoms with Crippen molar-refractivity contribution in [3.8, 4) is 16.9 Å². The van der Waals surface area contributed by atoms with Gasteiger partial charge in [0.2, 0.25) is 5.91 Å². The Bertz CT molecular complexity index is 1160. The predicted molar refractivity (Wildman–Crippen MR) is 127 cm³/mol. The van der Waals surface area contributed by atoms with Crippen LogP contribution in [0.25, 0.3) is 16.9 Å². The molecule has 162 valence electrons. The average Bonchev–Trinajstić information content (AvgIpc) is 3.52. The number of rotatable bonds is 9. The van der Waals surface area contributed by atoms with Crippen LogP contribution in [0.15, 0.2) is 83.7 Å². The van der Waals surface area contributed by atoms with Gasteiger partial charge in [0.15, 0.2) is 0 Å². The molecule has 0 radical (unpaired) electrons. The first kappa shape index (κ1) is 21.5. The molecule has 4 rings (SSSR count). The molecule has 32 heavy (non-hydrogen) atoms. The fourth-order valence-corrected chi connectivity index (χ4v) is 3.96. The van der Waals surface area contributed by atoms with Crippen LogP contribution in [-0.4, -0.2) is 28.1 Å². The molecule has 0 saturated heterocycles. The van der Waals surface area contributed by atoms with E-state index in [0.717, 1.165) is 22.5 Å². The zero-order valence-electron chi connectivity index (χ0n) is 17.5. The summed E-state index contributed by atoms with van der Waals surface area (Å²) in [5.74, 6) is -0.159. The van der Waals surface area contributed by atoms with E-state index in [1.165, 1.54) is 11.3 Å². The molecule has 2 N–H and O–H groups in total. The molecule has 0 fully saturated rings. The number of aromatic nitrogens is 2. The Kier molecular flexibility index (Phi) is 7.09. The molecule has 7 heteroatoms. The molecule has 0 aliphatic rings. The summed E-state index contributed by atoms with van der Waals surface area (Å²) in [6.45, 7) is 0.848. The van der Waals surface area contributed by atoms with Crippen molar-refractivity contribution in [2.24, 2.45) is 0 Å². The molecule has 2 aromatic heterocycles. The Labute approximate surface area is 190 Å². The lowest BCUT2D eigenvalue weighted by Gasteiger charge is -2.07. The Balaban J connectivity index is 1.35. The summed E-state index contributed by atoms with van der Waals surface area (Å²) in [6, 6.07) is 21.6. The van der Waals surface area contributed by atoms with Gasteiger partial charge in [-0.15, -0.1) is 0 Å². The molecule has 0 aliphatic heterocycles. The first-order valence-corrected chi connectivity index (χ1v) is 11.4. The van der Waals surface area contributed by atoms with Gasteiger partial charge in [0.05, 0.1) is 11.4 Å². The SMILES string of the molecule is O=C(CCCNC(=O)c1ccsc1)NCc1cn(-c2ccccc2)nc1-c1ccccc1. The molecule has 0 aliphatic carbocycles. The van der Waals surface area contributed by atoms with Crippen molar-refractivity contribution in [1.29, 1.82) is 0 Å². The predicted octanol–water partition coefficient (Wildman–Crippen LogP) is 4.43. The Morgan fingerprint density at radius 1 is 0.938 bits per heavy atom. The zero-order valence-corrected chi connectivity index (χ0v) is 18.3. The third-order valence-electron chi connectivity index (χ3n) is 4.98. The summed E-state index contributed by atoms with van der Waals surface area (Å²) in [5.41, 5.74) is 4.41. The number of nitrogens with zero attached hydrogens (tertiary/aromatic N) is 2. The van der Waals surface area contributed by atoms with Crippen LogP contribution in [0.3, 0.4) is 0 Å². The van der Waals surface area contributed by atoms with Crippen molar-refractivity contribution in [2.45, 2.75) is 19.4 Å². The van der Waals surface area contributed by atoms with Crippen LogP contribution in [0.1, 0.15) is 28.8 Å². The van der Waals surface area contributed by atoms with Gasteiger partial charge >= 0.3 is 0 Å². The number of carbonyl (C=O) groups excluding carboxylic acids is 2. The van der Waals surface area contributed by atoms with E-state index in [0.29, 0.717) is 31.5 Å². The van der Waals surface area contributed by atoms with Crippen molar-refractivity contribution >= 4 is 23.2 Å². The molecule has 2 heterocycles. The summed E-state index contributed by atoms with van der Waals surface area (Å²) < 4.78 is 1.84. The number of benzene rings is 2. The highest BCUT2D eigenvalue weighted by Gasteiger charge is 2.13. The number of para-hydroxylation sites is 1. The Hall–Kier alpha value is -3.71. The lowest BCUT2D eigenvalue weighted by molar-refractivity contribution is -0.121. The highest BCUT2D eigenvalue weighted by Crippen LogP contribution is 2.23. The maximum atomic E-state index is 12.4. The summed E-state index contributed by atoms with van der Waals surface area (Å²) in [6.07, 6.45) is 2.88. The maximum absolute atomic E-state index is 12.4. The van der Waals surface area contributed by atoms with Crippen molar-refractivity contribution in [3.05, 3.63) is 94.8 Å². The maximum Gasteiger partial charge on any atom is 0.252 e. The number of hydrogen-bond donors (Lipinski definition) is 2. The minimum absolute atomic E-state index is 0.0544. The van der Waals surface area contributed by atoms with Gasteiger partial charge in [-0.05, 0) is 30.0 Å².